The number of carbonyl (C=O) groups is 1. The number of hydrogen-bond acceptors (Lipinski definition) is 3. The molecule has 0 radical (unpaired) electrons. The summed E-state index contributed by atoms with van der Waals surface area (Å²) in [5.41, 5.74) is 0.785. The number of furan rings is 1. The third kappa shape index (κ3) is 2.96. The summed E-state index contributed by atoms with van der Waals surface area (Å²) in [6.07, 6.45) is 7.83. The van der Waals surface area contributed by atoms with Gasteiger partial charge in [-0.2, -0.15) is 0 Å². The average molecular weight is 258 g/mol. The highest BCUT2D eigenvalue weighted by molar-refractivity contribution is 5.97. The molecule has 4 nitrogen and oxygen atoms in total. The van der Waals surface area contributed by atoms with E-state index in [0.717, 1.165) is 17.9 Å². The maximum Gasteiger partial charge on any atom is 0.178 e. The molecule has 0 spiro atoms. The Balaban J connectivity index is 1.66. The average Bonchev–Trinajstić information content (AvgIpc) is 2.94. The number of hydrogen-bond donors (Lipinski definition) is 0. The number of rotatable bonds is 6. The molecule has 3 rings (SSSR count). The van der Waals surface area contributed by atoms with E-state index in [0.29, 0.717) is 12.6 Å². The fraction of sp³-hybridized carbons (Fsp3) is 0.400. The SMILES string of the molecule is Cn1ccc(C(=O)CN(Cc2ccco2)C2CC2)c1. The molecule has 2 heterocycles. The summed E-state index contributed by atoms with van der Waals surface area (Å²) in [6.45, 7) is 1.19. The Morgan fingerprint density at radius 2 is 2.32 bits per heavy atom. The molecule has 0 aliphatic heterocycles. The Hall–Kier alpha value is -1.81. The molecule has 2 aromatic rings. The first kappa shape index (κ1) is 12.2. The molecule has 4 heteroatoms. The van der Waals surface area contributed by atoms with Gasteiger partial charge in [-0.1, -0.05) is 0 Å². The van der Waals surface area contributed by atoms with Gasteiger partial charge < -0.3 is 8.98 Å². The summed E-state index contributed by atoms with van der Waals surface area (Å²) < 4.78 is 7.28. The smallest absolute Gasteiger partial charge is 0.178 e. The van der Waals surface area contributed by atoms with Gasteiger partial charge in [0.05, 0.1) is 19.4 Å². The lowest BCUT2D eigenvalue weighted by molar-refractivity contribution is 0.0913. The van der Waals surface area contributed by atoms with Crippen molar-refractivity contribution in [1.29, 1.82) is 0 Å². The number of aromatic nitrogens is 1. The lowest BCUT2D eigenvalue weighted by Crippen LogP contribution is -2.31. The third-order valence-electron chi connectivity index (χ3n) is 3.50. The van der Waals surface area contributed by atoms with Crippen LogP contribution in [-0.4, -0.2) is 27.8 Å². The summed E-state index contributed by atoms with van der Waals surface area (Å²) in [5.74, 6) is 1.10. The molecule has 0 aromatic carbocycles. The Kier molecular flexibility index (Phi) is 3.25. The molecule has 0 N–H and O–H groups in total. The molecule has 1 fully saturated rings. The van der Waals surface area contributed by atoms with Crippen molar-refractivity contribution in [3.63, 3.8) is 0 Å². The maximum absolute atomic E-state index is 12.2. The standard InChI is InChI=1S/C15H18N2O2/c1-16-7-6-12(9-16)15(18)11-17(13-4-5-13)10-14-3-2-8-19-14/h2-3,6-9,13H,4-5,10-11H2,1H3. The normalized spacial score (nSPS) is 15.1. The van der Waals surface area contributed by atoms with Crippen LogP contribution in [0.4, 0.5) is 0 Å². The molecule has 1 aliphatic rings. The van der Waals surface area contributed by atoms with E-state index in [1.165, 1.54) is 12.8 Å². The van der Waals surface area contributed by atoms with Gasteiger partial charge in [0.1, 0.15) is 5.76 Å². The second-order valence-electron chi connectivity index (χ2n) is 5.20. The largest absolute Gasteiger partial charge is 0.468 e. The highest BCUT2D eigenvalue weighted by Crippen LogP contribution is 2.28. The Morgan fingerprint density at radius 1 is 1.47 bits per heavy atom. The zero-order valence-electron chi connectivity index (χ0n) is 11.1. The van der Waals surface area contributed by atoms with Crippen molar-refractivity contribution in [1.82, 2.24) is 9.47 Å². The van der Waals surface area contributed by atoms with Gasteiger partial charge in [-0.15, -0.1) is 0 Å². The van der Waals surface area contributed by atoms with Crippen LogP contribution in [0.25, 0.3) is 0 Å². The van der Waals surface area contributed by atoms with Crippen LogP contribution in [0, 0.1) is 0 Å². The number of Topliss-reactive ketones (excluding diaryl/α,β-unsaturated/α-hetero) is 1. The maximum atomic E-state index is 12.2. The van der Waals surface area contributed by atoms with Crippen LogP contribution in [-0.2, 0) is 13.6 Å². The van der Waals surface area contributed by atoms with Crippen molar-refractivity contribution in [2.75, 3.05) is 6.54 Å². The molecule has 0 atom stereocenters. The van der Waals surface area contributed by atoms with Gasteiger partial charge in [0.15, 0.2) is 5.78 Å². The zero-order chi connectivity index (χ0) is 13.2. The third-order valence-corrected chi connectivity index (χ3v) is 3.50. The van der Waals surface area contributed by atoms with Gasteiger partial charge in [-0.3, -0.25) is 9.69 Å². The second kappa shape index (κ2) is 5.05. The summed E-state index contributed by atoms with van der Waals surface area (Å²) in [5, 5.41) is 0. The van der Waals surface area contributed by atoms with E-state index in [1.807, 2.05) is 42.2 Å². The van der Waals surface area contributed by atoms with Gasteiger partial charge in [0.2, 0.25) is 0 Å². The first-order valence-electron chi connectivity index (χ1n) is 6.64. The molecule has 0 saturated heterocycles. The topological polar surface area (TPSA) is 38.4 Å². The van der Waals surface area contributed by atoms with Crippen LogP contribution in [0.5, 0.6) is 0 Å². The van der Waals surface area contributed by atoms with Crippen LogP contribution in [0.2, 0.25) is 0 Å². The molecule has 19 heavy (non-hydrogen) atoms. The summed E-state index contributed by atoms with van der Waals surface area (Å²) in [7, 11) is 1.93. The summed E-state index contributed by atoms with van der Waals surface area (Å²) in [4.78, 5) is 14.5. The van der Waals surface area contributed by atoms with Crippen LogP contribution in [0.1, 0.15) is 29.0 Å². The fourth-order valence-electron chi connectivity index (χ4n) is 2.30. The quantitative estimate of drug-likeness (QED) is 0.747. The van der Waals surface area contributed by atoms with Gasteiger partial charge >= 0.3 is 0 Å². The van der Waals surface area contributed by atoms with Crippen LogP contribution in [0.3, 0.4) is 0 Å². The monoisotopic (exact) mass is 258 g/mol. The number of carbonyl (C=O) groups excluding carboxylic acids is 1. The van der Waals surface area contributed by atoms with Gasteiger partial charge in [-0.05, 0) is 31.0 Å². The molecule has 1 aliphatic carbocycles. The molecule has 0 bridgehead atoms. The van der Waals surface area contributed by atoms with Crippen molar-refractivity contribution in [3.05, 3.63) is 48.2 Å². The molecule has 0 unspecified atom stereocenters. The van der Waals surface area contributed by atoms with Crippen molar-refractivity contribution >= 4 is 5.78 Å². The van der Waals surface area contributed by atoms with Gasteiger partial charge in [0.25, 0.3) is 0 Å². The highest BCUT2D eigenvalue weighted by atomic mass is 16.3. The predicted octanol–water partition coefficient (Wildman–Crippen LogP) is 2.47. The van der Waals surface area contributed by atoms with Crippen molar-refractivity contribution < 1.29 is 9.21 Å². The van der Waals surface area contributed by atoms with E-state index >= 15 is 0 Å². The second-order valence-corrected chi connectivity index (χ2v) is 5.20. The van der Waals surface area contributed by atoms with E-state index in [9.17, 15) is 4.79 Å². The van der Waals surface area contributed by atoms with Crippen LogP contribution in [0.15, 0.2) is 41.3 Å². The molecule has 100 valence electrons. The zero-order valence-corrected chi connectivity index (χ0v) is 11.1. The van der Waals surface area contributed by atoms with Crippen LogP contribution < -0.4 is 0 Å². The molecular weight excluding hydrogens is 240 g/mol. The molecule has 0 amide bonds. The van der Waals surface area contributed by atoms with E-state index in [4.69, 9.17) is 4.42 Å². The Labute approximate surface area is 112 Å². The van der Waals surface area contributed by atoms with Gasteiger partial charge in [0, 0.05) is 31.0 Å². The predicted molar refractivity (Wildman–Crippen MR) is 71.9 cm³/mol. The lowest BCUT2D eigenvalue weighted by Gasteiger charge is -2.19. The van der Waals surface area contributed by atoms with Crippen LogP contribution >= 0.6 is 0 Å². The van der Waals surface area contributed by atoms with Crippen molar-refractivity contribution in [2.45, 2.75) is 25.4 Å². The number of ketones is 1. The summed E-state index contributed by atoms with van der Waals surface area (Å²) in [6, 6.07) is 6.26. The van der Waals surface area contributed by atoms with E-state index in [-0.39, 0.29) is 5.78 Å². The Morgan fingerprint density at radius 3 is 2.89 bits per heavy atom. The molecular formula is C15H18N2O2. The number of aryl methyl sites for hydroxylation is 1. The van der Waals surface area contributed by atoms with E-state index < -0.39 is 0 Å². The fourth-order valence-corrected chi connectivity index (χ4v) is 2.30. The molecule has 2 aromatic heterocycles. The minimum atomic E-state index is 0.180. The first-order valence-corrected chi connectivity index (χ1v) is 6.64. The summed E-state index contributed by atoms with van der Waals surface area (Å²) >= 11 is 0. The van der Waals surface area contributed by atoms with Gasteiger partial charge in [-0.25, -0.2) is 0 Å². The van der Waals surface area contributed by atoms with E-state index in [2.05, 4.69) is 4.90 Å². The van der Waals surface area contributed by atoms with E-state index in [1.54, 1.807) is 6.26 Å². The first-order chi connectivity index (χ1) is 9.22. The molecule has 1 saturated carbocycles. The Bertz CT molecular complexity index is 552. The minimum Gasteiger partial charge on any atom is -0.468 e. The highest BCUT2D eigenvalue weighted by Gasteiger charge is 2.31. The lowest BCUT2D eigenvalue weighted by atomic mass is 10.2. The van der Waals surface area contributed by atoms with Crippen molar-refractivity contribution in [2.24, 2.45) is 7.05 Å². The van der Waals surface area contributed by atoms with Crippen molar-refractivity contribution in [3.8, 4) is 0 Å². The number of nitrogens with zero attached hydrogens (tertiary/aromatic N) is 2. The minimum absolute atomic E-state index is 0.180.